The summed E-state index contributed by atoms with van der Waals surface area (Å²) < 4.78 is 14.5. The molecule has 0 saturated heterocycles. The van der Waals surface area contributed by atoms with Crippen LogP contribution in [0.25, 0.3) is 0 Å². The number of aromatic nitrogens is 1. The highest BCUT2D eigenvalue weighted by Crippen LogP contribution is 2.15. The number of hydrogen-bond acceptors (Lipinski definition) is 2. The lowest BCUT2D eigenvalue weighted by atomic mass is 10.2. The molecule has 0 bridgehead atoms. The van der Waals surface area contributed by atoms with E-state index in [1.165, 1.54) is 6.07 Å². The fourth-order valence-corrected chi connectivity index (χ4v) is 2.34. The standard InChI is InChI=1S/C16H18BrFN4.HI/c1-19-16(21-9-7-14-4-2-3-8-20-14)22-11-12-10-13(17)5-6-15(12)18;/h2-6,8,10H,7,9,11H2,1H3,(H2,19,21,22);1H. The molecule has 0 spiro atoms. The summed E-state index contributed by atoms with van der Waals surface area (Å²) in [6.45, 7) is 1.08. The number of aliphatic imine (C=N–C) groups is 1. The van der Waals surface area contributed by atoms with E-state index in [9.17, 15) is 4.39 Å². The quantitative estimate of drug-likeness (QED) is 0.381. The van der Waals surface area contributed by atoms with E-state index in [1.807, 2.05) is 18.2 Å². The molecule has 2 N–H and O–H groups in total. The van der Waals surface area contributed by atoms with E-state index in [0.29, 0.717) is 24.6 Å². The topological polar surface area (TPSA) is 49.3 Å². The molecule has 0 radical (unpaired) electrons. The molecule has 2 aromatic rings. The van der Waals surface area contributed by atoms with Crippen molar-refractivity contribution in [2.45, 2.75) is 13.0 Å². The second kappa shape index (κ2) is 10.5. The first-order valence-electron chi connectivity index (χ1n) is 6.97. The van der Waals surface area contributed by atoms with Gasteiger partial charge in [0.2, 0.25) is 0 Å². The maximum atomic E-state index is 13.7. The molecule has 0 atom stereocenters. The van der Waals surface area contributed by atoms with Crippen molar-refractivity contribution >= 4 is 45.9 Å². The van der Waals surface area contributed by atoms with Gasteiger partial charge in [0.1, 0.15) is 5.82 Å². The van der Waals surface area contributed by atoms with Crippen molar-refractivity contribution in [3.8, 4) is 0 Å². The van der Waals surface area contributed by atoms with Crippen LogP contribution in [0.2, 0.25) is 0 Å². The van der Waals surface area contributed by atoms with Crippen LogP contribution in [0.4, 0.5) is 4.39 Å². The van der Waals surface area contributed by atoms with Crippen molar-refractivity contribution in [2.24, 2.45) is 4.99 Å². The molecule has 1 aromatic carbocycles. The summed E-state index contributed by atoms with van der Waals surface area (Å²) in [4.78, 5) is 8.39. The zero-order chi connectivity index (χ0) is 15.8. The van der Waals surface area contributed by atoms with E-state index in [0.717, 1.165) is 16.6 Å². The lowest BCUT2D eigenvalue weighted by molar-refractivity contribution is 0.604. The van der Waals surface area contributed by atoms with Crippen LogP contribution >= 0.6 is 39.9 Å². The summed E-state index contributed by atoms with van der Waals surface area (Å²) in [5.74, 6) is 0.398. The maximum absolute atomic E-state index is 13.7. The molecule has 0 aliphatic heterocycles. The Balaban J connectivity index is 0.00000264. The summed E-state index contributed by atoms with van der Waals surface area (Å²) in [7, 11) is 1.69. The van der Waals surface area contributed by atoms with Crippen LogP contribution in [0.3, 0.4) is 0 Å². The Kier molecular flexibility index (Phi) is 9.08. The zero-order valence-electron chi connectivity index (χ0n) is 12.7. The molecular weight excluding hydrogens is 474 g/mol. The van der Waals surface area contributed by atoms with Gasteiger partial charge in [-0.05, 0) is 30.3 Å². The molecule has 0 aliphatic carbocycles. The first-order valence-corrected chi connectivity index (χ1v) is 7.76. The fraction of sp³-hybridized carbons (Fsp3) is 0.250. The number of guanidine groups is 1. The number of nitrogens with one attached hydrogen (secondary N) is 2. The number of benzene rings is 1. The molecule has 0 aliphatic rings. The summed E-state index contributed by atoms with van der Waals surface area (Å²) in [5, 5.41) is 6.28. The van der Waals surface area contributed by atoms with E-state index in [2.05, 4.69) is 36.5 Å². The predicted molar refractivity (Wildman–Crippen MR) is 106 cm³/mol. The van der Waals surface area contributed by atoms with Crippen molar-refractivity contribution < 1.29 is 4.39 Å². The van der Waals surface area contributed by atoms with Gasteiger partial charge in [-0.15, -0.1) is 24.0 Å². The molecule has 23 heavy (non-hydrogen) atoms. The highest BCUT2D eigenvalue weighted by molar-refractivity contribution is 14.0. The smallest absolute Gasteiger partial charge is 0.191 e. The molecule has 124 valence electrons. The first-order chi connectivity index (χ1) is 10.7. The van der Waals surface area contributed by atoms with Crippen LogP contribution in [0.15, 0.2) is 52.1 Å². The zero-order valence-corrected chi connectivity index (χ0v) is 16.6. The Hall–Kier alpha value is -1.22. The third kappa shape index (κ3) is 6.82. The molecule has 1 aromatic heterocycles. The van der Waals surface area contributed by atoms with Crippen LogP contribution in [-0.4, -0.2) is 24.5 Å². The third-order valence-electron chi connectivity index (χ3n) is 3.08. The number of nitrogens with zero attached hydrogens (tertiary/aromatic N) is 2. The number of rotatable bonds is 5. The van der Waals surface area contributed by atoms with Gasteiger partial charge in [0, 0.05) is 48.5 Å². The lowest BCUT2D eigenvalue weighted by Gasteiger charge is -2.12. The van der Waals surface area contributed by atoms with E-state index in [-0.39, 0.29) is 29.8 Å². The summed E-state index contributed by atoms with van der Waals surface area (Å²) in [6, 6.07) is 10.7. The molecular formula is C16H19BrFIN4. The van der Waals surface area contributed by atoms with E-state index < -0.39 is 0 Å². The molecule has 0 saturated carbocycles. The number of pyridine rings is 1. The Bertz CT molecular complexity index is 637. The van der Waals surface area contributed by atoms with Gasteiger partial charge in [-0.3, -0.25) is 9.98 Å². The highest BCUT2D eigenvalue weighted by atomic mass is 127. The minimum absolute atomic E-state index is 0. The molecule has 0 unspecified atom stereocenters. The van der Waals surface area contributed by atoms with Gasteiger partial charge in [-0.1, -0.05) is 22.0 Å². The van der Waals surface area contributed by atoms with E-state index >= 15 is 0 Å². The van der Waals surface area contributed by atoms with Gasteiger partial charge in [0.25, 0.3) is 0 Å². The minimum Gasteiger partial charge on any atom is -0.356 e. The van der Waals surface area contributed by atoms with Crippen molar-refractivity contribution in [2.75, 3.05) is 13.6 Å². The minimum atomic E-state index is -0.236. The van der Waals surface area contributed by atoms with Gasteiger partial charge in [0.15, 0.2) is 5.96 Å². The first kappa shape index (κ1) is 19.8. The normalized spacial score (nSPS) is 10.8. The Morgan fingerprint density at radius 3 is 2.78 bits per heavy atom. The average Bonchev–Trinajstić information content (AvgIpc) is 2.54. The van der Waals surface area contributed by atoms with Crippen LogP contribution in [0, 0.1) is 5.82 Å². The molecule has 7 heteroatoms. The van der Waals surface area contributed by atoms with Gasteiger partial charge in [-0.2, -0.15) is 0 Å². The predicted octanol–water partition coefficient (Wildman–Crippen LogP) is 3.51. The monoisotopic (exact) mass is 492 g/mol. The van der Waals surface area contributed by atoms with Crippen molar-refractivity contribution in [3.05, 3.63) is 64.1 Å². The van der Waals surface area contributed by atoms with Crippen LogP contribution < -0.4 is 10.6 Å². The van der Waals surface area contributed by atoms with Gasteiger partial charge in [-0.25, -0.2) is 4.39 Å². The third-order valence-corrected chi connectivity index (χ3v) is 3.57. The SMILES string of the molecule is CN=C(NCCc1ccccn1)NCc1cc(Br)ccc1F.I. The van der Waals surface area contributed by atoms with Gasteiger partial charge in [0.05, 0.1) is 0 Å². The molecule has 0 fully saturated rings. The van der Waals surface area contributed by atoms with Crippen LogP contribution in [-0.2, 0) is 13.0 Å². The molecule has 2 rings (SSSR count). The highest BCUT2D eigenvalue weighted by Gasteiger charge is 2.04. The second-order valence-corrected chi connectivity index (χ2v) is 5.58. The van der Waals surface area contributed by atoms with E-state index in [4.69, 9.17) is 0 Å². The number of halogens is 3. The lowest BCUT2D eigenvalue weighted by Crippen LogP contribution is -2.38. The van der Waals surface area contributed by atoms with Crippen LogP contribution in [0.1, 0.15) is 11.3 Å². The number of hydrogen-bond donors (Lipinski definition) is 2. The Labute approximate surface area is 161 Å². The van der Waals surface area contributed by atoms with Crippen LogP contribution in [0.5, 0.6) is 0 Å². The molecule has 1 heterocycles. The van der Waals surface area contributed by atoms with Crippen molar-refractivity contribution in [1.29, 1.82) is 0 Å². The molecule has 4 nitrogen and oxygen atoms in total. The summed E-state index contributed by atoms with van der Waals surface area (Å²) >= 11 is 3.34. The summed E-state index contributed by atoms with van der Waals surface area (Å²) in [6.07, 6.45) is 2.57. The largest absolute Gasteiger partial charge is 0.356 e. The van der Waals surface area contributed by atoms with Crippen molar-refractivity contribution in [3.63, 3.8) is 0 Å². The maximum Gasteiger partial charge on any atom is 0.191 e. The average molecular weight is 493 g/mol. The fourth-order valence-electron chi connectivity index (χ4n) is 1.93. The van der Waals surface area contributed by atoms with Gasteiger partial charge >= 0.3 is 0 Å². The van der Waals surface area contributed by atoms with Gasteiger partial charge < -0.3 is 10.6 Å². The molecule has 0 amide bonds. The van der Waals surface area contributed by atoms with Crippen molar-refractivity contribution in [1.82, 2.24) is 15.6 Å². The summed E-state index contributed by atoms with van der Waals surface area (Å²) in [5.41, 5.74) is 1.60. The Morgan fingerprint density at radius 1 is 1.26 bits per heavy atom. The van der Waals surface area contributed by atoms with E-state index in [1.54, 1.807) is 25.4 Å². The second-order valence-electron chi connectivity index (χ2n) is 4.66. The Morgan fingerprint density at radius 2 is 2.09 bits per heavy atom.